The molecule has 0 aliphatic rings. The van der Waals surface area contributed by atoms with E-state index in [1.807, 2.05) is 54.6 Å². The van der Waals surface area contributed by atoms with E-state index in [9.17, 15) is 4.79 Å². The van der Waals surface area contributed by atoms with Crippen LogP contribution in [-0.4, -0.2) is 40.9 Å². The summed E-state index contributed by atoms with van der Waals surface area (Å²) in [4.78, 5) is 16.0. The summed E-state index contributed by atoms with van der Waals surface area (Å²) in [5.41, 5.74) is 2.00. The second-order valence-corrected chi connectivity index (χ2v) is 5.86. The maximum Gasteiger partial charge on any atom is 0.336 e. The van der Waals surface area contributed by atoms with Gasteiger partial charge in [-0.1, -0.05) is 36.4 Å². The molecule has 0 atom stereocenters. The molecular weight excluding hydrogens is 344 g/mol. The van der Waals surface area contributed by atoms with Gasteiger partial charge in [0.2, 0.25) is 0 Å². The number of nitrogens with zero attached hydrogens (tertiary/aromatic N) is 3. The minimum atomic E-state index is -0.203. The molecule has 0 aliphatic carbocycles. The first kappa shape index (κ1) is 18.4. The van der Waals surface area contributed by atoms with Crippen molar-refractivity contribution >= 4 is 5.91 Å². The van der Waals surface area contributed by atoms with E-state index >= 15 is 0 Å². The number of carbonyl (C=O) groups excluding carboxylic acids is 1. The number of para-hydroxylation sites is 2. The molecule has 140 valence electrons. The molecule has 27 heavy (non-hydrogen) atoms. The van der Waals surface area contributed by atoms with Crippen LogP contribution in [0.3, 0.4) is 0 Å². The van der Waals surface area contributed by atoms with Gasteiger partial charge in [-0.05, 0) is 36.6 Å². The summed E-state index contributed by atoms with van der Waals surface area (Å²) in [7, 11) is 1.66. The minimum Gasteiger partial charge on any atom is -0.496 e. The van der Waals surface area contributed by atoms with Gasteiger partial charge in [0.05, 0.1) is 12.8 Å². The van der Waals surface area contributed by atoms with Crippen LogP contribution in [0, 0.1) is 0 Å². The van der Waals surface area contributed by atoms with Crippen molar-refractivity contribution < 1.29 is 14.3 Å². The Morgan fingerprint density at radius 1 is 1.11 bits per heavy atom. The molecule has 7 nitrogen and oxygen atoms in total. The van der Waals surface area contributed by atoms with Gasteiger partial charge in [-0.3, -0.25) is 4.79 Å². The Kier molecular flexibility index (Phi) is 6.40. The fourth-order valence-corrected chi connectivity index (χ4v) is 2.62. The van der Waals surface area contributed by atoms with Crippen LogP contribution >= 0.6 is 0 Å². The SMILES string of the molecule is COc1ccccc1CCCNC(=O)COc1ncn(-c2ccccc2)n1. The molecule has 1 heterocycles. The molecule has 0 saturated heterocycles. The van der Waals surface area contributed by atoms with Crippen molar-refractivity contribution in [3.8, 4) is 17.4 Å². The number of hydrogen-bond donors (Lipinski definition) is 1. The van der Waals surface area contributed by atoms with Crippen LogP contribution in [0.1, 0.15) is 12.0 Å². The number of aromatic nitrogens is 3. The van der Waals surface area contributed by atoms with E-state index in [0.717, 1.165) is 29.8 Å². The van der Waals surface area contributed by atoms with E-state index in [1.54, 1.807) is 18.1 Å². The lowest BCUT2D eigenvalue weighted by Gasteiger charge is -2.08. The quantitative estimate of drug-likeness (QED) is 0.589. The van der Waals surface area contributed by atoms with E-state index in [-0.39, 0.29) is 18.5 Å². The fraction of sp³-hybridized carbons (Fsp3) is 0.250. The Bertz CT molecular complexity index is 864. The first-order valence-corrected chi connectivity index (χ1v) is 8.75. The summed E-state index contributed by atoms with van der Waals surface area (Å²) >= 11 is 0. The van der Waals surface area contributed by atoms with Crippen LogP contribution in [0.15, 0.2) is 60.9 Å². The normalized spacial score (nSPS) is 10.4. The average molecular weight is 366 g/mol. The molecule has 1 N–H and O–H groups in total. The van der Waals surface area contributed by atoms with Crippen molar-refractivity contribution in [3.63, 3.8) is 0 Å². The summed E-state index contributed by atoms with van der Waals surface area (Å²) in [6.07, 6.45) is 3.19. The van der Waals surface area contributed by atoms with Crippen LogP contribution < -0.4 is 14.8 Å². The molecule has 0 bridgehead atoms. The second kappa shape index (κ2) is 9.38. The highest BCUT2D eigenvalue weighted by atomic mass is 16.5. The number of rotatable bonds is 9. The van der Waals surface area contributed by atoms with Crippen LogP contribution in [0.4, 0.5) is 0 Å². The Morgan fingerprint density at radius 3 is 2.70 bits per heavy atom. The lowest BCUT2D eigenvalue weighted by Crippen LogP contribution is -2.30. The smallest absolute Gasteiger partial charge is 0.336 e. The second-order valence-electron chi connectivity index (χ2n) is 5.86. The summed E-state index contributed by atoms with van der Waals surface area (Å²) < 4.78 is 12.3. The first-order valence-electron chi connectivity index (χ1n) is 8.75. The van der Waals surface area contributed by atoms with Gasteiger partial charge in [0.1, 0.15) is 12.1 Å². The molecule has 1 aromatic heterocycles. The Balaban J connectivity index is 1.38. The zero-order valence-electron chi connectivity index (χ0n) is 15.2. The van der Waals surface area contributed by atoms with Crippen molar-refractivity contribution in [2.24, 2.45) is 0 Å². The van der Waals surface area contributed by atoms with Crippen molar-refractivity contribution in [2.45, 2.75) is 12.8 Å². The average Bonchev–Trinajstić information content (AvgIpc) is 3.20. The van der Waals surface area contributed by atoms with Gasteiger partial charge in [-0.15, -0.1) is 5.10 Å². The maximum absolute atomic E-state index is 11.9. The molecule has 1 amide bonds. The van der Waals surface area contributed by atoms with Gasteiger partial charge >= 0.3 is 6.01 Å². The topological polar surface area (TPSA) is 78.3 Å². The summed E-state index contributed by atoms with van der Waals surface area (Å²) in [5.74, 6) is 0.665. The van der Waals surface area contributed by atoms with Gasteiger partial charge < -0.3 is 14.8 Å². The minimum absolute atomic E-state index is 0.118. The Labute approximate surface area is 158 Å². The number of carbonyl (C=O) groups is 1. The number of amides is 1. The number of nitrogens with one attached hydrogen (secondary N) is 1. The van der Waals surface area contributed by atoms with Crippen molar-refractivity contribution in [1.82, 2.24) is 20.1 Å². The third-order valence-electron chi connectivity index (χ3n) is 3.96. The van der Waals surface area contributed by atoms with Crippen molar-refractivity contribution in [2.75, 3.05) is 20.3 Å². The van der Waals surface area contributed by atoms with Gasteiger partial charge in [0.25, 0.3) is 5.91 Å². The van der Waals surface area contributed by atoms with Gasteiger partial charge in [0, 0.05) is 6.54 Å². The van der Waals surface area contributed by atoms with Crippen LogP contribution in [0.2, 0.25) is 0 Å². The maximum atomic E-state index is 11.9. The van der Waals surface area contributed by atoms with E-state index < -0.39 is 0 Å². The molecule has 0 unspecified atom stereocenters. The first-order chi connectivity index (χ1) is 13.3. The molecular formula is C20H22N4O3. The van der Waals surface area contributed by atoms with Crippen molar-refractivity contribution in [3.05, 3.63) is 66.5 Å². The van der Waals surface area contributed by atoms with Gasteiger partial charge in [-0.2, -0.15) is 4.98 Å². The summed E-state index contributed by atoms with van der Waals surface area (Å²) in [5, 5.41) is 7.03. The zero-order valence-corrected chi connectivity index (χ0v) is 15.2. The summed E-state index contributed by atoms with van der Waals surface area (Å²) in [6.45, 7) is 0.444. The number of aryl methyl sites for hydroxylation is 1. The lowest BCUT2D eigenvalue weighted by molar-refractivity contribution is -0.123. The van der Waals surface area contributed by atoms with Gasteiger partial charge in [0.15, 0.2) is 6.61 Å². The number of ether oxygens (including phenoxy) is 2. The molecule has 3 rings (SSSR count). The van der Waals surface area contributed by atoms with E-state index in [2.05, 4.69) is 15.4 Å². The largest absolute Gasteiger partial charge is 0.496 e. The Hall–Kier alpha value is -3.35. The van der Waals surface area contributed by atoms with E-state index in [1.165, 1.54) is 0 Å². The number of benzene rings is 2. The molecule has 0 fully saturated rings. The molecule has 3 aromatic rings. The molecule has 2 aromatic carbocycles. The van der Waals surface area contributed by atoms with Crippen molar-refractivity contribution in [1.29, 1.82) is 0 Å². The zero-order chi connectivity index (χ0) is 18.9. The fourth-order valence-electron chi connectivity index (χ4n) is 2.62. The molecule has 0 spiro atoms. The van der Waals surface area contributed by atoms with Crippen LogP contribution in [-0.2, 0) is 11.2 Å². The summed E-state index contributed by atoms with van der Waals surface area (Å²) in [6, 6.07) is 17.6. The highest BCUT2D eigenvalue weighted by Gasteiger charge is 2.07. The van der Waals surface area contributed by atoms with Crippen LogP contribution in [0.5, 0.6) is 11.8 Å². The Morgan fingerprint density at radius 2 is 1.89 bits per heavy atom. The van der Waals surface area contributed by atoms with Gasteiger partial charge in [-0.25, -0.2) is 4.68 Å². The number of hydrogen-bond acceptors (Lipinski definition) is 5. The molecule has 0 radical (unpaired) electrons. The standard InChI is InChI=1S/C20H22N4O3/c1-26-18-12-6-5-8-16(18)9-7-13-21-19(25)14-27-20-22-15-24(23-20)17-10-3-2-4-11-17/h2-6,8,10-12,15H,7,9,13-14H2,1H3,(H,21,25). The third kappa shape index (κ3) is 5.31. The molecule has 0 aliphatic heterocycles. The number of methoxy groups -OCH3 is 1. The monoisotopic (exact) mass is 366 g/mol. The highest BCUT2D eigenvalue weighted by molar-refractivity contribution is 5.77. The predicted octanol–water partition coefficient (Wildman–Crippen LogP) is 2.40. The molecule has 0 saturated carbocycles. The highest BCUT2D eigenvalue weighted by Crippen LogP contribution is 2.18. The molecule has 7 heteroatoms. The lowest BCUT2D eigenvalue weighted by atomic mass is 10.1. The third-order valence-corrected chi connectivity index (χ3v) is 3.96. The van der Waals surface area contributed by atoms with Crippen LogP contribution in [0.25, 0.3) is 5.69 Å². The van der Waals surface area contributed by atoms with E-state index in [0.29, 0.717) is 6.54 Å². The predicted molar refractivity (Wildman–Crippen MR) is 101 cm³/mol. The van der Waals surface area contributed by atoms with E-state index in [4.69, 9.17) is 9.47 Å².